The van der Waals surface area contributed by atoms with Crippen molar-refractivity contribution < 1.29 is 9.53 Å². The third-order valence-electron chi connectivity index (χ3n) is 7.42. The number of thiophene rings is 1. The molecule has 1 fully saturated rings. The maximum absolute atomic E-state index is 13.0. The first kappa shape index (κ1) is 29.0. The molecule has 0 amide bonds. The van der Waals surface area contributed by atoms with Crippen LogP contribution in [0.25, 0.3) is 16.9 Å². The summed E-state index contributed by atoms with van der Waals surface area (Å²) in [7, 11) is 1.75. The molecular formula is C31H39N7O2S. The van der Waals surface area contributed by atoms with Crippen molar-refractivity contribution in [3.8, 4) is 16.9 Å². The summed E-state index contributed by atoms with van der Waals surface area (Å²) in [4.78, 5) is 29.0. The molecule has 41 heavy (non-hydrogen) atoms. The fourth-order valence-electron chi connectivity index (χ4n) is 4.97. The summed E-state index contributed by atoms with van der Waals surface area (Å²) in [5.74, 6) is 0.0973. The van der Waals surface area contributed by atoms with Gasteiger partial charge in [0.15, 0.2) is 5.78 Å². The number of anilines is 1. The Morgan fingerprint density at radius 3 is 2.61 bits per heavy atom. The van der Waals surface area contributed by atoms with Crippen LogP contribution in [0.4, 0.5) is 5.69 Å². The first-order valence-electron chi connectivity index (χ1n) is 14.1. The molecule has 0 unspecified atom stereocenters. The summed E-state index contributed by atoms with van der Waals surface area (Å²) in [5, 5.41) is 8.85. The first-order chi connectivity index (χ1) is 19.7. The van der Waals surface area contributed by atoms with E-state index in [9.17, 15) is 4.79 Å². The average molecular weight is 574 g/mol. The Bertz CT molecular complexity index is 1480. The number of carbonyl (C=O) groups is 1. The van der Waals surface area contributed by atoms with Crippen LogP contribution in [0.5, 0.6) is 0 Å². The topological polar surface area (TPSA) is 89.3 Å². The molecule has 1 saturated heterocycles. The highest BCUT2D eigenvalue weighted by Crippen LogP contribution is 2.30. The van der Waals surface area contributed by atoms with E-state index >= 15 is 0 Å². The van der Waals surface area contributed by atoms with Crippen LogP contribution in [0.2, 0.25) is 0 Å². The van der Waals surface area contributed by atoms with Gasteiger partial charge < -0.3 is 9.64 Å². The molecule has 4 aromatic heterocycles. The summed E-state index contributed by atoms with van der Waals surface area (Å²) in [6, 6.07) is 8.11. The number of Topliss-reactive ketones (excluding diaryl/α,β-unsaturated/α-hetero) is 1. The minimum absolute atomic E-state index is 0.0285. The molecule has 0 saturated carbocycles. The van der Waals surface area contributed by atoms with Crippen molar-refractivity contribution in [1.82, 2.24) is 29.9 Å². The Kier molecular flexibility index (Phi) is 8.91. The lowest BCUT2D eigenvalue weighted by molar-refractivity contribution is 0.0996. The Hall–Kier alpha value is -3.47. The number of hydrogen-bond donors (Lipinski definition) is 0. The molecule has 10 heteroatoms. The molecule has 1 aliphatic heterocycles. The molecule has 0 bridgehead atoms. The highest BCUT2D eigenvalue weighted by Gasteiger charge is 2.20. The molecule has 5 heterocycles. The molecular weight excluding hydrogens is 534 g/mol. The summed E-state index contributed by atoms with van der Waals surface area (Å²) < 4.78 is 6.92. The second-order valence-corrected chi connectivity index (χ2v) is 12.7. The molecule has 0 atom stereocenters. The molecule has 9 nitrogen and oxygen atoms in total. The molecule has 4 aromatic rings. The van der Waals surface area contributed by atoms with E-state index in [4.69, 9.17) is 4.74 Å². The van der Waals surface area contributed by atoms with Gasteiger partial charge >= 0.3 is 0 Å². The van der Waals surface area contributed by atoms with Crippen molar-refractivity contribution in [2.45, 2.75) is 46.0 Å². The van der Waals surface area contributed by atoms with Gasteiger partial charge in [-0.1, -0.05) is 26.0 Å². The number of hydrogen-bond acceptors (Lipinski definition) is 9. The minimum Gasteiger partial charge on any atom is -0.385 e. The van der Waals surface area contributed by atoms with E-state index in [1.54, 1.807) is 29.3 Å². The number of ketones is 1. The number of aromatic nitrogens is 5. The van der Waals surface area contributed by atoms with Gasteiger partial charge in [-0.2, -0.15) is 0 Å². The van der Waals surface area contributed by atoms with Gasteiger partial charge in [0.05, 0.1) is 34.3 Å². The average Bonchev–Trinajstić information content (AvgIpc) is 3.66. The Balaban J connectivity index is 1.27. The predicted octanol–water partition coefficient (Wildman–Crippen LogP) is 4.98. The van der Waals surface area contributed by atoms with E-state index in [-0.39, 0.29) is 17.6 Å². The van der Waals surface area contributed by atoms with Crippen molar-refractivity contribution >= 4 is 22.8 Å². The quantitative estimate of drug-likeness (QED) is 0.194. The van der Waals surface area contributed by atoms with Gasteiger partial charge in [-0.05, 0) is 48.6 Å². The monoisotopic (exact) mass is 573 g/mol. The minimum atomic E-state index is 0.0285. The van der Waals surface area contributed by atoms with Crippen LogP contribution in [0.15, 0.2) is 49.1 Å². The van der Waals surface area contributed by atoms with Crippen molar-refractivity contribution in [2.24, 2.45) is 0 Å². The summed E-state index contributed by atoms with van der Waals surface area (Å²) >= 11 is 1.57. The van der Waals surface area contributed by atoms with Crippen LogP contribution < -0.4 is 4.90 Å². The lowest BCUT2D eigenvalue weighted by Crippen LogP contribution is -2.46. The second kappa shape index (κ2) is 12.6. The van der Waals surface area contributed by atoms with E-state index in [1.165, 1.54) is 4.88 Å². The van der Waals surface area contributed by atoms with Gasteiger partial charge in [0.1, 0.15) is 5.69 Å². The molecule has 0 spiro atoms. The Morgan fingerprint density at radius 1 is 1.07 bits per heavy atom. The predicted molar refractivity (Wildman–Crippen MR) is 163 cm³/mol. The highest BCUT2D eigenvalue weighted by molar-refractivity contribution is 7.14. The van der Waals surface area contributed by atoms with Crippen LogP contribution >= 0.6 is 11.3 Å². The number of methoxy groups -OCH3 is 1. The fourth-order valence-corrected chi connectivity index (χ4v) is 5.97. The lowest BCUT2D eigenvalue weighted by atomic mass is 9.95. The number of ether oxygens (including phenoxy) is 1. The van der Waals surface area contributed by atoms with E-state index in [0.717, 1.165) is 84.5 Å². The van der Waals surface area contributed by atoms with Gasteiger partial charge in [-0.3, -0.25) is 19.7 Å². The summed E-state index contributed by atoms with van der Waals surface area (Å²) in [5.41, 5.74) is 5.26. The van der Waals surface area contributed by atoms with Gasteiger partial charge in [0.25, 0.3) is 0 Å². The SMILES string of the molecule is COCCCN1CCN(c2cncc(-c3cn(-c4cc(CC(=O)c5ccc(C(C)(C)C)s5)cnc4C)nn3)c2)CC1. The number of piperazine rings is 1. The largest absolute Gasteiger partial charge is 0.385 e. The van der Waals surface area contributed by atoms with E-state index < -0.39 is 0 Å². The third kappa shape index (κ3) is 7.06. The van der Waals surface area contributed by atoms with Gasteiger partial charge in [0.2, 0.25) is 0 Å². The molecule has 0 N–H and O–H groups in total. The molecule has 0 radical (unpaired) electrons. The fraction of sp³-hybridized carbons (Fsp3) is 0.452. The van der Waals surface area contributed by atoms with Crippen LogP contribution in [-0.4, -0.2) is 82.1 Å². The van der Waals surface area contributed by atoms with Gasteiger partial charge in [-0.25, -0.2) is 4.68 Å². The first-order valence-corrected chi connectivity index (χ1v) is 15.0. The van der Waals surface area contributed by atoms with E-state index in [0.29, 0.717) is 0 Å². The smallest absolute Gasteiger partial charge is 0.177 e. The van der Waals surface area contributed by atoms with Crippen LogP contribution in [0.1, 0.15) is 53.0 Å². The Labute approximate surface area is 246 Å². The van der Waals surface area contributed by atoms with Crippen molar-refractivity contribution in [3.63, 3.8) is 0 Å². The maximum Gasteiger partial charge on any atom is 0.177 e. The number of aryl methyl sites for hydroxylation is 1. The Morgan fingerprint density at radius 2 is 1.88 bits per heavy atom. The van der Waals surface area contributed by atoms with Crippen molar-refractivity contribution in [3.05, 3.63) is 70.1 Å². The van der Waals surface area contributed by atoms with Crippen LogP contribution in [0, 0.1) is 6.92 Å². The maximum atomic E-state index is 13.0. The summed E-state index contributed by atoms with van der Waals surface area (Å²) in [6.45, 7) is 14.3. The van der Waals surface area contributed by atoms with Gasteiger partial charge in [-0.15, -0.1) is 16.4 Å². The van der Waals surface area contributed by atoms with E-state index in [1.807, 2.05) is 37.6 Å². The normalized spacial score (nSPS) is 14.5. The molecule has 216 valence electrons. The lowest BCUT2D eigenvalue weighted by Gasteiger charge is -2.36. The van der Waals surface area contributed by atoms with Crippen molar-refractivity contribution in [2.75, 3.05) is 51.3 Å². The molecule has 0 aliphatic carbocycles. The standard InChI is InChI=1S/C31H39N7O2S/c1-22-27(15-23(18-33-22)16-28(39)29-7-8-30(41-29)31(2,3)4)38-21-26(34-35-38)24-17-25(20-32-19-24)37-12-10-36(11-13-37)9-6-14-40-5/h7-8,15,17-21H,6,9-14,16H2,1-5H3. The zero-order valence-electron chi connectivity index (χ0n) is 24.6. The van der Waals surface area contributed by atoms with Crippen LogP contribution in [0.3, 0.4) is 0 Å². The second-order valence-electron chi connectivity index (χ2n) is 11.6. The molecule has 0 aromatic carbocycles. The van der Waals surface area contributed by atoms with Crippen LogP contribution in [-0.2, 0) is 16.6 Å². The van der Waals surface area contributed by atoms with Gasteiger partial charge in [0, 0.05) is 75.7 Å². The molecule has 1 aliphatic rings. The zero-order valence-corrected chi connectivity index (χ0v) is 25.4. The zero-order chi connectivity index (χ0) is 29.0. The molecule has 5 rings (SSSR count). The number of carbonyl (C=O) groups excluding carboxylic acids is 1. The number of nitrogens with zero attached hydrogens (tertiary/aromatic N) is 7. The number of rotatable bonds is 10. The highest BCUT2D eigenvalue weighted by atomic mass is 32.1. The number of pyridine rings is 2. The van der Waals surface area contributed by atoms with Crippen molar-refractivity contribution in [1.29, 1.82) is 0 Å². The van der Waals surface area contributed by atoms with E-state index in [2.05, 4.69) is 63.0 Å². The third-order valence-corrected chi connectivity index (χ3v) is 8.97. The summed E-state index contributed by atoms with van der Waals surface area (Å²) in [6.07, 6.45) is 8.77.